The Morgan fingerprint density at radius 3 is 2.58 bits per heavy atom. The fraction of sp³-hybridized carbons (Fsp3) is 0.433. The van der Waals surface area contributed by atoms with E-state index in [0.29, 0.717) is 34.8 Å². The molecule has 3 N–H and O–H groups in total. The van der Waals surface area contributed by atoms with Crippen LogP contribution in [0.25, 0.3) is 21.8 Å². The molecule has 0 unspecified atom stereocenters. The number of nitrogens with one attached hydrogen (secondary N) is 3. The van der Waals surface area contributed by atoms with Crippen molar-refractivity contribution in [2.75, 3.05) is 44.5 Å². The number of carbonyl (C=O) groups excluding carboxylic acids is 1. The zero-order valence-electron chi connectivity index (χ0n) is 23.6. The van der Waals surface area contributed by atoms with Crippen LogP contribution in [0.3, 0.4) is 0 Å². The number of benzene rings is 2. The lowest BCUT2D eigenvalue weighted by Crippen LogP contribution is -2.25. The molecule has 5 rings (SSSR count). The number of para-hydroxylation sites is 1. The molecule has 0 bridgehead atoms. The number of esters is 1. The first-order chi connectivity index (χ1) is 19.3. The highest BCUT2D eigenvalue weighted by Gasteiger charge is 2.21. The van der Waals surface area contributed by atoms with E-state index in [0.717, 1.165) is 45.6 Å². The van der Waals surface area contributed by atoms with Gasteiger partial charge in [-0.25, -0.2) is 9.78 Å². The van der Waals surface area contributed by atoms with Crippen molar-refractivity contribution in [2.45, 2.75) is 45.6 Å². The van der Waals surface area contributed by atoms with Crippen molar-refractivity contribution in [2.24, 2.45) is 5.92 Å². The van der Waals surface area contributed by atoms with Gasteiger partial charge in [0.15, 0.2) is 0 Å². The first kappa shape index (κ1) is 29.9. The van der Waals surface area contributed by atoms with Crippen LogP contribution in [0.1, 0.15) is 55.1 Å². The van der Waals surface area contributed by atoms with Gasteiger partial charge in [0, 0.05) is 54.6 Å². The Bertz CT molecular complexity index is 1450. The summed E-state index contributed by atoms with van der Waals surface area (Å²) >= 11 is 12.5. The van der Waals surface area contributed by atoms with E-state index < -0.39 is 0 Å². The molecule has 1 aliphatic carbocycles. The maximum absolute atomic E-state index is 12.3. The molecule has 1 saturated carbocycles. The van der Waals surface area contributed by atoms with Crippen LogP contribution in [0.5, 0.6) is 0 Å². The Balaban J connectivity index is 0.000000210. The van der Waals surface area contributed by atoms with Gasteiger partial charge < -0.3 is 25.3 Å². The third-order valence-electron chi connectivity index (χ3n) is 7.09. The molecule has 2 aromatic heterocycles. The van der Waals surface area contributed by atoms with Gasteiger partial charge in [-0.15, -0.1) is 0 Å². The minimum absolute atomic E-state index is 0.331. The predicted molar refractivity (Wildman–Crippen MR) is 166 cm³/mol. The van der Waals surface area contributed by atoms with Crippen molar-refractivity contribution < 1.29 is 9.53 Å². The quantitative estimate of drug-likeness (QED) is 0.191. The molecule has 1 fully saturated rings. The molecule has 1 aliphatic rings. The molecule has 0 radical (unpaired) electrons. The number of hydrogen-bond acceptors (Lipinski definition) is 7. The molecule has 0 amide bonds. The largest absolute Gasteiger partial charge is 0.461 e. The van der Waals surface area contributed by atoms with Crippen LogP contribution in [0.2, 0.25) is 10.0 Å². The van der Waals surface area contributed by atoms with Gasteiger partial charge in [-0.1, -0.05) is 54.6 Å². The van der Waals surface area contributed by atoms with Crippen molar-refractivity contribution in [1.29, 1.82) is 0 Å². The summed E-state index contributed by atoms with van der Waals surface area (Å²) in [5, 5.41) is 9.47. The van der Waals surface area contributed by atoms with Crippen molar-refractivity contribution in [1.82, 2.24) is 20.3 Å². The number of H-pyrrole nitrogens is 1. The first-order valence-corrected chi connectivity index (χ1v) is 14.6. The van der Waals surface area contributed by atoms with Crippen LogP contribution in [-0.2, 0) is 11.3 Å². The van der Waals surface area contributed by atoms with E-state index in [-0.39, 0.29) is 5.97 Å². The molecule has 10 heteroatoms. The highest BCUT2D eigenvalue weighted by Crippen LogP contribution is 2.33. The zero-order chi connectivity index (χ0) is 28.6. The van der Waals surface area contributed by atoms with E-state index in [4.69, 9.17) is 27.9 Å². The number of nitrogens with zero attached hydrogens (tertiary/aromatic N) is 3. The summed E-state index contributed by atoms with van der Waals surface area (Å²) in [6.45, 7) is 3.66. The molecular weight excluding hydrogens is 547 g/mol. The number of aromatic amines is 1. The third-order valence-corrected chi connectivity index (χ3v) is 7.60. The van der Waals surface area contributed by atoms with Gasteiger partial charge in [0.1, 0.15) is 11.5 Å². The van der Waals surface area contributed by atoms with Crippen molar-refractivity contribution in [3.05, 3.63) is 57.7 Å². The Morgan fingerprint density at radius 2 is 1.88 bits per heavy atom. The van der Waals surface area contributed by atoms with Crippen LogP contribution in [-0.4, -0.2) is 55.2 Å². The van der Waals surface area contributed by atoms with Crippen LogP contribution in [0, 0.1) is 5.92 Å². The number of fused-ring (bicyclic) bond motifs is 2. The van der Waals surface area contributed by atoms with E-state index in [1.54, 1.807) is 19.1 Å². The molecule has 0 saturated heterocycles. The number of rotatable bonds is 8. The van der Waals surface area contributed by atoms with E-state index in [9.17, 15) is 4.79 Å². The van der Waals surface area contributed by atoms with E-state index in [1.165, 1.54) is 32.1 Å². The van der Waals surface area contributed by atoms with Crippen LogP contribution in [0.4, 0.5) is 11.8 Å². The molecule has 0 aliphatic heterocycles. The minimum atomic E-state index is -0.361. The fourth-order valence-electron chi connectivity index (χ4n) is 5.17. The van der Waals surface area contributed by atoms with Crippen molar-refractivity contribution in [3.63, 3.8) is 0 Å². The maximum Gasteiger partial charge on any atom is 0.355 e. The van der Waals surface area contributed by atoms with E-state index in [1.807, 2.05) is 50.3 Å². The second-order valence-corrected chi connectivity index (χ2v) is 11.0. The highest BCUT2D eigenvalue weighted by atomic mass is 35.5. The summed E-state index contributed by atoms with van der Waals surface area (Å²) < 4.78 is 5.19. The second kappa shape index (κ2) is 14.0. The topological polar surface area (TPSA) is 95.2 Å². The number of anilines is 2. The SMILES string of the molecule is CCOC(=O)c1[nH]c2cc(Cl)cc(Cl)c2c1CNCC1CCCCC1.CNc1nc(N(C)C)c2ccccc2n1. The van der Waals surface area contributed by atoms with Crippen LogP contribution in [0.15, 0.2) is 36.4 Å². The lowest BCUT2D eigenvalue weighted by atomic mass is 9.89. The zero-order valence-corrected chi connectivity index (χ0v) is 25.1. The lowest BCUT2D eigenvalue weighted by Gasteiger charge is -2.21. The Hall–Kier alpha value is -3.07. The standard InChI is InChI=1S/C19H24Cl2N2O2.C11H14N4/c1-2-25-19(24)18-14(11-22-10-12-6-4-3-5-7-12)17-15(21)8-13(20)9-16(17)23-18;1-12-11-13-9-7-5-4-6-8(9)10(14-11)15(2)3/h8-9,12,22-23H,2-7,10-11H2,1H3;4-7H,1-3H3,(H,12,13,14). The molecule has 0 atom stereocenters. The first-order valence-electron chi connectivity index (χ1n) is 13.8. The second-order valence-electron chi connectivity index (χ2n) is 10.2. The molecule has 2 aromatic carbocycles. The van der Waals surface area contributed by atoms with Crippen LogP contribution >= 0.6 is 23.2 Å². The molecule has 8 nitrogen and oxygen atoms in total. The van der Waals surface area contributed by atoms with Crippen molar-refractivity contribution >= 4 is 62.7 Å². The number of halogens is 2. The molecule has 4 aromatic rings. The lowest BCUT2D eigenvalue weighted by molar-refractivity contribution is 0.0519. The summed E-state index contributed by atoms with van der Waals surface area (Å²) in [6, 6.07) is 11.5. The summed E-state index contributed by atoms with van der Waals surface area (Å²) in [7, 11) is 5.78. The van der Waals surface area contributed by atoms with E-state index in [2.05, 4.69) is 25.6 Å². The molecule has 40 heavy (non-hydrogen) atoms. The number of aromatic nitrogens is 3. The molecule has 214 valence electrons. The van der Waals surface area contributed by atoms with Gasteiger partial charge in [0.2, 0.25) is 5.95 Å². The monoisotopic (exact) mass is 584 g/mol. The maximum atomic E-state index is 12.3. The summed E-state index contributed by atoms with van der Waals surface area (Å²) in [5.74, 6) is 1.94. The fourth-order valence-corrected chi connectivity index (χ4v) is 5.78. The average molecular weight is 586 g/mol. The van der Waals surface area contributed by atoms with Gasteiger partial charge in [0.05, 0.1) is 17.1 Å². The predicted octanol–water partition coefficient (Wildman–Crippen LogP) is 7.06. The summed E-state index contributed by atoms with van der Waals surface area (Å²) in [6.07, 6.45) is 6.54. The van der Waals surface area contributed by atoms with Gasteiger partial charge in [-0.2, -0.15) is 4.98 Å². The Kier molecular flexibility index (Phi) is 10.5. The Labute approximate surface area is 245 Å². The van der Waals surface area contributed by atoms with Crippen molar-refractivity contribution in [3.8, 4) is 0 Å². The third kappa shape index (κ3) is 7.16. The summed E-state index contributed by atoms with van der Waals surface area (Å²) in [4.78, 5) is 26.3. The normalized spacial score (nSPS) is 13.7. The number of carbonyl (C=O) groups is 1. The molecule has 2 heterocycles. The van der Waals surface area contributed by atoms with Crippen LogP contribution < -0.4 is 15.5 Å². The van der Waals surface area contributed by atoms with Gasteiger partial charge in [-0.3, -0.25) is 0 Å². The Morgan fingerprint density at radius 1 is 1.12 bits per heavy atom. The number of ether oxygens (including phenoxy) is 1. The highest BCUT2D eigenvalue weighted by molar-refractivity contribution is 6.39. The van der Waals surface area contributed by atoms with Gasteiger partial charge in [0.25, 0.3) is 0 Å². The molecular formula is C30H38Cl2N6O2. The van der Waals surface area contributed by atoms with E-state index >= 15 is 0 Å². The number of hydrogen-bond donors (Lipinski definition) is 3. The smallest absolute Gasteiger partial charge is 0.355 e. The molecule has 0 spiro atoms. The minimum Gasteiger partial charge on any atom is -0.461 e. The van der Waals surface area contributed by atoms with Gasteiger partial charge >= 0.3 is 5.97 Å². The van der Waals surface area contributed by atoms with Gasteiger partial charge in [-0.05, 0) is 56.5 Å². The average Bonchev–Trinajstić information content (AvgIpc) is 3.32. The summed E-state index contributed by atoms with van der Waals surface area (Å²) in [5.41, 5.74) is 3.03.